The number of benzene rings is 2. The summed E-state index contributed by atoms with van der Waals surface area (Å²) >= 11 is 0. The molecule has 2 aromatic carbocycles. The highest BCUT2D eigenvalue weighted by molar-refractivity contribution is 5.87. The normalized spacial score (nSPS) is 11.4. The van der Waals surface area contributed by atoms with E-state index in [2.05, 4.69) is 5.32 Å². The van der Waals surface area contributed by atoms with E-state index in [1.807, 2.05) is 6.07 Å². The van der Waals surface area contributed by atoms with Crippen LogP contribution < -0.4 is 14.8 Å². The van der Waals surface area contributed by atoms with Gasteiger partial charge in [0.15, 0.2) is 6.10 Å². The van der Waals surface area contributed by atoms with Gasteiger partial charge in [0, 0.05) is 6.54 Å². The molecule has 0 aliphatic carbocycles. The average molecular weight is 343 g/mol. The predicted octanol–water partition coefficient (Wildman–Crippen LogP) is 2.52. The molecule has 0 aliphatic heterocycles. The molecule has 0 fully saturated rings. The number of hydrogen-bond acceptors (Lipinski definition) is 4. The molecule has 1 amide bonds. The zero-order valence-corrected chi connectivity index (χ0v) is 14.2. The summed E-state index contributed by atoms with van der Waals surface area (Å²) in [5.41, 5.74) is 1.09. The van der Waals surface area contributed by atoms with E-state index < -0.39 is 12.1 Å². The van der Waals surface area contributed by atoms with Gasteiger partial charge in [0.1, 0.15) is 11.5 Å². The number of aromatic carboxylic acids is 1. The number of carbonyl (C=O) groups excluding carboxylic acids is 1. The Balaban J connectivity index is 1.80. The Bertz CT molecular complexity index is 727. The molecule has 0 saturated carbocycles. The summed E-state index contributed by atoms with van der Waals surface area (Å²) in [5, 5.41) is 11.8. The van der Waals surface area contributed by atoms with Gasteiger partial charge in [0.2, 0.25) is 0 Å². The standard InChI is InChI=1S/C19H21NO5/c1-13(25-17-8-6-16(24-2)7-9-17)18(21)20-11-10-14-4-3-5-15(12-14)19(22)23/h3-9,12-13H,10-11H2,1-2H3,(H,20,21)(H,22,23). The third-order valence-electron chi connectivity index (χ3n) is 3.63. The van der Waals surface area contributed by atoms with E-state index in [0.717, 1.165) is 5.56 Å². The first-order valence-corrected chi connectivity index (χ1v) is 7.90. The van der Waals surface area contributed by atoms with E-state index in [-0.39, 0.29) is 11.5 Å². The van der Waals surface area contributed by atoms with Crippen LogP contribution in [0.1, 0.15) is 22.8 Å². The molecular formula is C19H21NO5. The Hall–Kier alpha value is -3.02. The van der Waals surface area contributed by atoms with Gasteiger partial charge in [-0.25, -0.2) is 4.79 Å². The highest BCUT2D eigenvalue weighted by Gasteiger charge is 2.14. The van der Waals surface area contributed by atoms with Gasteiger partial charge in [0.25, 0.3) is 5.91 Å². The lowest BCUT2D eigenvalue weighted by molar-refractivity contribution is -0.127. The second-order valence-corrected chi connectivity index (χ2v) is 5.48. The molecule has 132 valence electrons. The van der Waals surface area contributed by atoms with E-state index in [4.69, 9.17) is 14.6 Å². The van der Waals surface area contributed by atoms with Crippen LogP contribution in [0.2, 0.25) is 0 Å². The lowest BCUT2D eigenvalue weighted by atomic mass is 10.1. The van der Waals surface area contributed by atoms with Crippen molar-refractivity contribution in [2.24, 2.45) is 0 Å². The summed E-state index contributed by atoms with van der Waals surface area (Å²) < 4.78 is 10.7. The summed E-state index contributed by atoms with van der Waals surface area (Å²) in [5.74, 6) is 0.100. The fourth-order valence-corrected chi connectivity index (χ4v) is 2.25. The number of methoxy groups -OCH3 is 1. The van der Waals surface area contributed by atoms with Crippen LogP contribution in [0.15, 0.2) is 48.5 Å². The number of carbonyl (C=O) groups is 2. The number of ether oxygens (including phenoxy) is 2. The second-order valence-electron chi connectivity index (χ2n) is 5.48. The molecule has 25 heavy (non-hydrogen) atoms. The number of rotatable bonds is 8. The van der Waals surface area contributed by atoms with Gasteiger partial charge in [-0.15, -0.1) is 0 Å². The van der Waals surface area contributed by atoms with E-state index in [9.17, 15) is 9.59 Å². The maximum atomic E-state index is 12.1. The zero-order valence-electron chi connectivity index (χ0n) is 14.2. The van der Waals surface area contributed by atoms with Crippen molar-refractivity contribution >= 4 is 11.9 Å². The van der Waals surface area contributed by atoms with Crippen LogP contribution in [0.3, 0.4) is 0 Å². The van der Waals surface area contributed by atoms with Crippen LogP contribution in [0, 0.1) is 0 Å². The fraction of sp³-hybridized carbons (Fsp3) is 0.263. The van der Waals surface area contributed by atoms with Crippen LogP contribution in [-0.2, 0) is 11.2 Å². The maximum Gasteiger partial charge on any atom is 0.335 e. The molecule has 2 N–H and O–H groups in total. The van der Waals surface area contributed by atoms with Gasteiger partial charge in [-0.1, -0.05) is 12.1 Å². The van der Waals surface area contributed by atoms with Crippen LogP contribution >= 0.6 is 0 Å². The molecule has 6 nitrogen and oxygen atoms in total. The minimum atomic E-state index is -0.965. The molecule has 0 radical (unpaired) electrons. The maximum absolute atomic E-state index is 12.1. The Morgan fingerprint density at radius 1 is 1.12 bits per heavy atom. The summed E-state index contributed by atoms with van der Waals surface area (Å²) in [6.07, 6.45) is -0.0963. The molecule has 0 heterocycles. The van der Waals surface area contributed by atoms with Gasteiger partial charge in [0.05, 0.1) is 12.7 Å². The zero-order chi connectivity index (χ0) is 18.2. The predicted molar refractivity (Wildman–Crippen MR) is 93.2 cm³/mol. The summed E-state index contributed by atoms with van der Waals surface area (Å²) in [7, 11) is 1.58. The molecule has 0 aromatic heterocycles. The molecule has 6 heteroatoms. The molecule has 2 aromatic rings. The monoisotopic (exact) mass is 343 g/mol. The largest absolute Gasteiger partial charge is 0.497 e. The van der Waals surface area contributed by atoms with Crippen molar-refractivity contribution in [2.75, 3.05) is 13.7 Å². The number of carboxylic acids is 1. The molecule has 1 atom stereocenters. The molecular weight excluding hydrogens is 322 g/mol. The van der Waals surface area contributed by atoms with Crippen molar-refractivity contribution in [3.63, 3.8) is 0 Å². The lowest BCUT2D eigenvalue weighted by Gasteiger charge is -2.15. The van der Waals surface area contributed by atoms with Crippen molar-refractivity contribution in [1.82, 2.24) is 5.32 Å². The quantitative estimate of drug-likeness (QED) is 0.769. The Kier molecular flexibility index (Phi) is 6.39. The fourth-order valence-electron chi connectivity index (χ4n) is 2.25. The minimum Gasteiger partial charge on any atom is -0.497 e. The molecule has 1 unspecified atom stereocenters. The summed E-state index contributed by atoms with van der Waals surface area (Å²) in [4.78, 5) is 23.0. The average Bonchev–Trinajstić information content (AvgIpc) is 2.62. The van der Waals surface area contributed by atoms with Gasteiger partial charge < -0.3 is 19.9 Å². The van der Waals surface area contributed by atoms with Gasteiger partial charge in [-0.3, -0.25) is 4.79 Å². The van der Waals surface area contributed by atoms with Crippen LogP contribution in [0.25, 0.3) is 0 Å². The van der Waals surface area contributed by atoms with E-state index in [0.29, 0.717) is 24.5 Å². The first-order valence-electron chi connectivity index (χ1n) is 7.90. The summed E-state index contributed by atoms with van der Waals surface area (Å²) in [6.45, 7) is 2.07. The Labute approximate surface area is 146 Å². The first-order chi connectivity index (χ1) is 12.0. The minimum absolute atomic E-state index is 0.231. The van der Waals surface area contributed by atoms with Crippen LogP contribution in [0.4, 0.5) is 0 Å². The van der Waals surface area contributed by atoms with Gasteiger partial charge in [-0.2, -0.15) is 0 Å². The van der Waals surface area contributed by atoms with E-state index in [1.165, 1.54) is 6.07 Å². The Morgan fingerprint density at radius 2 is 1.80 bits per heavy atom. The van der Waals surface area contributed by atoms with Crippen molar-refractivity contribution in [3.8, 4) is 11.5 Å². The van der Waals surface area contributed by atoms with Gasteiger partial charge >= 0.3 is 5.97 Å². The van der Waals surface area contributed by atoms with Crippen molar-refractivity contribution in [1.29, 1.82) is 0 Å². The summed E-state index contributed by atoms with van der Waals surface area (Å²) in [6, 6.07) is 13.7. The highest BCUT2D eigenvalue weighted by atomic mass is 16.5. The van der Waals surface area contributed by atoms with Gasteiger partial charge in [-0.05, 0) is 55.3 Å². The SMILES string of the molecule is COc1ccc(OC(C)C(=O)NCCc2cccc(C(=O)O)c2)cc1. The smallest absolute Gasteiger partial charge is 0.335 e. The van der Waals surface area contributed by atoms with E-state index >= 15 is 0 Å². The van der Waals surface area contributed by atoms with E-state index in [1.54, 1.807) is 50.4 Å². The van der Waals surface area contributed by atoms with Crippen molar-refractivity contribution < 1.29 is 24.2 Å². The topological polar surface area (TPSA) is 84.9 Å². The molecule has 2 rings (SSSR count). The van der Waals surface area contributed by atoms with Crippen LogP contribution in [0.5, 0.6) is 11.5 Å². The number of nitrogens with one attached hydrogen (secondary N) is 1. The Morgan fingerprint density at radius 3 is 2.44 bits per heavy atom. The van der Waals surface area contributed by atoms with Crippen LogP contribution in [-0.4, -0.2) is 36.7 Å². The lowest BCUT2D eigenvalue weighted by Crippen LogP contribution is -2.37. The third-order valence-corrected chi connectivity index (χ3v) is 3.63. The molecule has 0 saturated heterocycles. The van der Waals surface area contributed by atoms with Crippen molar-refractivity contribution in [3.05, 3.63) is 59.7 Å². The molecule has 0 aliphatic rings. The van der Waals surface area contributed by atoms with Crippen molar-refractivity contribution in [2.45, 2.75) is 19.4 Å². The third kappa shape index (κ3) is 5.53. The highest BCUT2D eigenvalue weighted by Crippen LogP contribution is 2.18. The second kappa shape index (κ2) is 8.73. The molecule has 0 bridgehead atoms. The first kappa shape index (κ1) is 18.3. The molecule has 0 spiro atoms. The number of hydrogen-bond donors (Lipinski definition) is 2. The number of carboxylic acid groups (broad SMARTS) is 1. The number of amides is 1.